The van der Waals surface area contributed by atoms with Crippen molar-refractivity contribution in [3.8, 4) is 0 Å². The van der Waals surface area contributed by atoms with Crippen LogP contribution in [0.4, 0.5) is 0 Å². The smallest absolute Gasteiger partial charge is 0.236 e. The van der Waals surface area contributed by atoms with E-state index in [4.69, 9.17) is 0 Å². The van der Waals surface area contributed by atoms with E-state index in [9.17, 15) is 4.79 Å². The number of likely N-dealkylation sites (N-methyl/N-ethyl adjacent to an activating group) is 1. The van der Waals surface area contributed by atoms with Gasteiger partial charge in [0.05, 0.1) is 16.9 Å². The van der Waals surface area contributed by atoms with Crippen LogP contribution in [0, 0.1) is 0 Å². The number of nitrogens with zero attached hydrogens (tertiary/aromatic N) is 1. The summed E-state index contributed by atoms with van der Waals surface area (Å²) in [6.07, 6.45) is 1.04. The Morgan fingerprint density at radius 1 is 1.50 bits per heavy atom. The van der Waals surface area contributed by atoms with Crippen molar-refractivity contribution >= 4 is 33.2 Å². The Morgan fingerprint density at radius 3 is 2.72 bits per heavy atom. The van der Waals surface area contributed by atoms with Crippen LogP contribution >= 0.6 is 27.3 Å². The molecule has 0 bridgehead atoms. The van der Waals surface area contributed by atoms with E-state index < -0.39 is 0 Å². The molecule has 0 aliphatic heterocycles. The summed E-state index contributed by atoms with van der Waals surface area (Å²) in [5.74, 6) is 0.169. The normalized spacial score (nSPS) is 12.4. The molecule has 18 heavy (non-hydrogen) atoms. The van der Waals surface area contributed by atoms with Gasteiger partial charge in [0.1, 0.15) is 0 Å². The molecular formula is C13H21BrN2OS. The highest BCUT2D eigenvalue weighted by Gasteiger charge is 2.13. The zero-order chi connectivity index (χ0) is 13.5. The number of halogens is 1. The molecule has 1 N–H and O–H groups in total. The average molecular weight is 333 g/mol. The molecule has 1 rings (SSSR count). The molecule has 1 heterocycles. The number of hydrogen-bond acceptors (Lipinski definition) is 3. The van der Waals surface area contributed by atoms with Crippen LogP contribution in [0.3, 0.4) is 0 Å². The molecule has 3 nitrogen and oxygen atoms in total. The van der Waals surface area contributed by atoms with Crippen LogP contribution in [0.1, 0.15) is 32.1 Å². The van der Waals surface area contributed by atoms with Crippen molar-refractivity contribution in [2.24, 2.45) is 0 Å². The molecule has 1 unspecified atom stereocenters. The maximum absolute atomic E-state index is 12.1. The third kappa shape index (κ3) is 5.08. The predicted molar refractivity (Wildman–Crippen MR) is 80.9 cm³/mol. The van der Waals surface area contributed by atoms with Crippen molar-refractivity contribution in [1.82, 2.24) is 10.2 Å². The topological polar surface area (TPSA) is 32.3 Å². The fraction of sp³-hybridized carbons (Fsp3) is 0.615. The molecule has 0 aromatic carbocycles. The lowest BCUT2D eigenvalue weighted by molar-refractivity contribution is -0.130. The number of thiophene rings is 1. The van der Waals surface area contributed by atoms with E-state index in [1.807, 2.05) is 17.9 Å². The van der Waals surface area contributed by atoms with Crippen molar-refractivity contribution in [1.29, 1.82) is 0 Å². The first-order valence-corrected chi connectivity index (χ1v) is 7.93. The van der Waals surface area contributed by atoms with Crippen LogP contribution in [0.25, 0.3) is 0 Å². The Hall–Kier alpha value is -0.390. The summed E-state index contributed by atoms with van der Waals surface area (Å²) in [6, 6.07) is 4.48. The standard InChI is InChI=1S/C13H21BrN2OS/c1-4-10(3)15-8-13(17)16(5-2)9-11-6-7-12(14)18-11/h6-7,10,15H,4-5,8-9H2,1-3H3. The van der Waals surface area contributed by atoms with Gasteiger partial charge < -0.3 is 10.2 Å². The van der Waals surface area contributed by atoms with Gasteiger partial charge in [0, 0.05) is 17.5 Å². The summed E-state index contributed by atoms with van der Waals surface area (Å²) in [4.78, 5) is 15.2. The number of nitrogens with one attached hydrogen (secondary N) is 1. The largest absolute Gasteiger partial charge is 0.337 e. The van der Waals surface area contributed by atoms with Gasteiger partial charge in [-0.05, 0) is 48.3 Å². The molecule has 0 saturated heterocycles. The summed E-state index contributed by atoms with van der Waals surface area (Å²) >= 11 is 5.12. The summed E-state index contributed by atoms with van der Waals surface area (Å²) in [5.41, 5.74) is 0. The highest BCUT2D eigenvalue weighted by atomic mass is 79.9. The number of hydrogen-bond donors (Lipinski definition) is 1. The van der Waals surface area contributed by atoms with Crippen LogP contribution in [-0.4, -0.2) is 29.9 Å². The van der Waals surface area contributed by atoms with E-state index in [2.05, 4.69) is 41.2 Å². The van der Waals surface area contributed by atoms with E-state index >= 15 is 0 Å². The van der Waals surface area contributed by atoms with E-state index in [0.29, 0.717) is 19.1 Å². The lowest BCUT2D eigenvalue weighted by atomic mass is 10.2. The molecule has 1 aromatic rings. The monoisotopic (exact) mass is 332 g/mol. The van der Waals surface area contributed by atoms with Gasteiger partial charge in [-0.15, -0.1) is 11.3 Å². The lowest BCUT2D eigenvalue weighted by Gasteiger charge is -2.21. The first kappa shape index (κ1) is 15.7. The molecule has 1 atom stereocenters. The van der Waals surface area contributed by atoms with E-state index in [1.54, 1.807) is 11.3 Å². The number of carbonyl (C=O) groups excluding carboxylic acids is 1. The van der Waals surface area contributed by atoms with Crippen LogP contribution in [0.15, 0.2) is 15.9 Å². The zero-order valence-electron chi connectivity index (χ0n) is 11.2. The third-order valence-corrected chi connectivity index (χ3v) is 4.53. The average Bonchev–Trinajstić information content (AvgIpc) is 2.78. The van der Waals surface area contributed by atoms with Crippen molar-refractivity contribution in [3.05, 3.63) is 20.8 Å². The zero-order valence-corrected chi connectivity index (χ0v) is 13.6. The first-order chi connectivity index (χ1) is 8.56. The molecule has 0 radical (unpaired) electrons. The van der Waals surface area contributed by atoms with Crippen molar-refractivity contribution in [3.63, 3.8) is 0 Å². The summed E-state index contributed by atoms with van der Waals surface area (Å²) in [7, 11) is 0. The van der Waals surface area contributed by atoms with Crippen molar-refractivity contribution in [2.75, 3.05) is 13.1 Å². The third-order valence-electron chi connectivity index (χ3n) is 2.92. The first-order valence-electron chi connectivity index (χ1n) is 6.32. The highest BCUT2D eigenvalue weighted by Crippen LogP contribution is 2.23. The van der Waals surface area contributed by atoms with Gasteiger partial charge in [0.25, 0.3) is 0 Å². The quantitative estimate of drug-likeness (QED) is 0.831. The van der Waals surface area contributed by atoms with Gasteiger partial charge in [-0.3, -0.25) is 4.79 Å². The van der Waals surface area contributed by atoms with Crippen LogP contribution in [-0.2, 0) is 11.3 Å². The van der Waals surface area contributed by atoms with Gasteiger partial charge in [0.15, 0.2) is 0 Å². The minimum atomic E-state index is 0.169. The van der Waals surface area contributed by atoms with Gasteiger partial charge in [-0.25, -0.2) is 0 Å². The molecule has 0 aliphatic carbocycles. The maximum atomic E-state index is 12.1. The van der Waals surface area contributed by atoms with Gasteiger partial charge in [-0.1, -0.05) is 6.92 Å². The summed E-state index contributed by atoms with van der Waals surface area (Å²) in [6.45, 7) is 8.10. The second-order valence-corrected chi connectivity index (χ2v) is 6.85. The minimum absolute atomic E-state index is 0.169. The maximum Gasteiger partial charge on any atom is 0.236 e. The Morgan fingerprint density at radius 2 is 2.22 bits per heavy atom. The fourth-order valence-electron chi connectivity index (χ4n) is 1.52. The summed E-state index contributed by atoms with van der Waals surface area (Å²) in [5, 5.41) is 3.24. The second-order valence-electron chi connectivity index (χ2n) is 4.30. The van der Waals surface area contributed by atoms with Crippen LogP contribution < -0.4 is 5.32 Å². The molecule has 102 valence electrons. The molecule has 0 aliphatic rings. The lowest BCUT2D eigenvalue weighted by Crippen LogP contribution is -2.40. The molecule has 1 amide bonds. The molecule has 0 fully saturated rings. The Bertz CT molecular complexity index is 381. The SMILES string of the molecule is CCC(C)NCC(=O)N(CC)Cc1ccc(Br)s1. The van der Waals surface area contributed by atoms with Crippen molar-refractivity contribution < 1.29 is 4.79 Å². The predicted octanol–water partition coefficient (Wildman–Crippen LogP) is 3.25. The second kappa shape index (κ2) is 7.92. The van der Waals surface area contributed by atoms with Gasteiger partial charge in [0.2, 0.25) is 5.91 Å². The van der Waals surface area contributed by atoms with E-state index in [-0.39, 0.29) is 5.91 Å². The summed E-state index contributed by atoms with van der Waals surface area (Å²) < 4.78 is 1.11. The Kier molecular flexibility index (Phi) is 6.89. The minimum Gasteiger partial charge on any atom is -0.337 e. The fourth-order valence-corrected chi connectivity index (χ4v) is 3.02. The van der Waals surface area contributed by atoms with E-state index in [0.717, 1.165) is 16.8 Å². The van der Waals surface area contributed by atoms with Crippen LogP contribution in [0.5, 0.6) is 0 Å². The number of rotatable bonds is 7. The molecule has 1 aromatic heterocycles. The highest BCUT2D eigenvalue weighted by molar-refractivity contribution is 9.11. The molecular weight excluding hydrogens is 312 g/mol. The van der Waals surface area contributed by atoms with Crippen LogP contribution in [0.2, 0.25) is 0 Å². The van der Waals surface area contributed by atoms with Crippen molar-refractivity contribution in [2.45, 2.75) is 39.8 Å². The molecule has 5 heteroatoms. The van der Waals surface area contributed by atoms with E-state index in [1.165, 1.54) is 4.88 Å². The van der Waals surface area contributed by atoms with Gasteiger partial charge >= 0.3 is 0 Å². The molecule has 0 saturated carbocycles. The Balaban J connectivity index is 2.47. The number of carbonyl (C=O) groups is 1. The number of amides is 1. The molecule has 0 spiro atoms. The van der Waals surface area contributed by atoms with Gasteiger partial charge in [-0.2, -0.15) is 0 Å². The Labute approximate surface area is 122 Å².